The van der Waals surface area contributed by atoms with Gasteiger partial charge in [-0.15, -0.1) is 0 Å². The summed E-state index contributed by atoms with van der Waals surface area (Å²) in [6.45, 7) is 0.00824. The van der Waals surface area contributed by atoms with E-state index < -0.39 is 0 Å². The number of aliphatic hydroxyl groups is 1. The first-order chi connectivity index (χ1) is 11.6. The van der Waals surface area contributed by atoms with Gasteiger partial charge in [-0.1, -0.05) is 41.9 Å². The van der Waals surface area contributed by atoms with E-state index in [1.165, 1.54) is 0 Å². The molecule has 0 aromatic heterocycles. The molecule has 3 rings (SSSR count). The van der Waals surface area contributed by atoms with Crippen LogP contribution in [0.5, 0.6) is 0 Å². The minimum atomic E-state index is -0.289. The minimum absolute atomic E-state index is 0.146. The largest absolute Gasteiger partial charge is 0.395 e. The first kappa shape index (κ1) is 16.2. The quantitative estimate of drug-likeness (QED) is 0.778. The van der Waals surface area contributed by atoms with E-state index in [0.717, 1.165) is 0 Å². The lowest BCUT2D eigenvalue weighted by atomic mass is 9.90. The lowest BCUT2D eigenvalue weighted by Gasteiger charge is -2.22. The van der Waals surface area contributed by atoms with Crippen LogP contribution in [0.1, 0.15) is 20.7 Å². The molecule has 0 atom stereocenters. The molecule has 5 nitrogen and oxygen atoms in total. The van der Waals surface area contributed by atoms with Crippen LogP contribution in [0, 0.1) is 0 Å². The van der Waals surface area contributed by atoms with E-state index >= 15 is 0 Å². The van der Waals surface area contributed by atoms with E-state index in [1.807, 2.05) is 0 Å². The van der Waals surface area contributed by atoms with Crippen molar-refractivity contribution in [3.05, 3.63) is 76.1 Å². The molecule has 0 amide bonds. The maximum Gasteiger partial charge on any atom is 0.212 e. The van der Waals surface area contributed by atoms with Gasteiger partial charge >= 0.3 is 0 Å². The summed E-state index contributed by atoms with van der Waals surface area (Å²) in [7, 11) is 0. The predicted molar refractivity (Wildman–Crippen MR) is 92.3 cm³/mol. The number of Topliss-reactive ketones (excluding diaryl/α,β-unsaturated/α-hetero) is 2. The maximum atomic E-state index is 12.8. The van der Waals surface area contributed by atoms with Gasteiger partial charge in [-0.25, -0.2) is 0 Å². The lowest BCUT2D eigenvalue weighted by molar-refractivity contribution is 0.0968. The van der Waals surface area contributed by atoms with Gasteiger partial charge in [0, 0.05) is 28.4 Å². The van der Waals surface area contributed by atoms with E-state index in [9.17, 15) is 9.59 Å². The number of nitrogens with one attached hydrogen (secondary N) is 2. The molecular formula is C18H15ClN2O3. The molecule has 2 aromatic carbocycles. The third-order valence-corrected chi connectivity index (χ3v) is 3.86. The Morgan fingerprint density at radius 2 is 1.58 bits per heavy atom. The van der Waals surface area contributed by atoms with Crippen molar-refractivity contribution >= 4 is 28.9 Å². The second-order valence-corrected chi connectivity index (χ2v) is 5.68. The van der Waals surface area contributed by atoms with Gasteiger partial charge in [0.2, 0.25) is 11.6 Å². The number of hydrogen-bond donors (Lipinski definition) is 3. The first-order valence-electron chi connectivity index (χ1n) is 7.42. The molecule has 0 aliphatic heterocycles. The number of benzene rings is 2. The Bertz CT molecular complexity index is 846. The number of halogens is 1. The molecule has 2 aromatic rings. The van der Waals surface area contributed by atoms with Crippen molar-refractivity contribution in [1.82, 2.24) is 5.32 Å². The van der Waals surface area contributed by atoms with Crippen LogP contribution < -0.4 is 10.6 Å². The summed E-state index contributed by atoms with van der Waals surface area (Å²) in [5.74, 6) is -0.575. The highest BCUT2D eigenvalue weighted by atomic mass is 35.5. The van der Waals surface area contributed by atoms with Crippen molar-refractivity contribution in [2.45, 2.75) is 0 Å². The van der Waals surface area contributed by atoms with Gasteiger partial charge in [-0.05, 0) is 18.2 Å². The van der Waals surface area contributed by atoms with Crippen molar-refractivity contribution < 1.29 is 14.7 Å². The Balaban J connectivity index is 2.06. The smallest absolute Gasteiger partial charge is 0.212 e. The van der Waals surface area contributed by atoms with E-state index in [-0.39, 0.29) is 36.1 Å². The molecule has 1 aliphatic rings. The number of aliphatic hydroxyl groups excluding tert-OH is 1. The summed E-state index contributed by atoms with van der Waals surface area (Å²) in [5.41, 5.74) is 1.59. The van der Waals surface area contributed by atoms with Crippen LogP contribution in [0.25, 0.3) is 0 Å². The van der Waals surface area contributed by atoms with Crippen LogP contribution in [0.4, 0.5) is 5.69 Å². The standard InChI is InChI=1S/C18H15ClN2O3/c19-11-4-3-5-12(10-11)21-16-15(20-8-9-22)17(23)13-6-1-2-7-14(13)18(16)24/h1-7,10,20-22H,8-9H2. The molecule has 6 heteroatoms. The highest BCUT2D eigenvalue weighted by Gasteiger charge is 2.32. The first-order valence-corrected chi connectivity index (χ1v) is 7.79. The van der Waals surface area contributed by atoms with E-state index in [4.69, 9.17) is 16.7 Å². The Morgan fingerprint density at radius 1 is 0.917 bits per heavy atom. The van der Waals surface area contributed by atoms with Gasteiger partial charge in [0.05, 0.1) is 6.61 Å². The van der Waals surface area contributed by atoms with Gasteiger partial charge in [0.1, 0.15) is 11.4 Å². The number of ketones is 2. The van der Waals surface area contributed by atoms with Crippen molar-refractivity contribution in [3.63, 3.8) is 0 Å². The number of carbonyl (C=O) groups is 2. The number of rotatable bonds is 5. The van der Waals surface area contributed by atoms with Crippen LogP contribution in [0.2, 0.25) is 5.02 Å². The highest BCUT2D eigenvalue weighted by Crippen LogP contribution is 2.27. The molecule has 1 aliphatic carbocycles. The molecule has 3 N–H and O–H groups in total. The number of fused-ring (bicyclic) bond motifs is 1. The minimum Gasteiger partial charge on any atom is -0.395 e. The lowest BCUT2D eigenvalue weighted by Crippen LogP contribution is -2.34. The Hall–Kier alpha value is -2.63. The monoisotopic (exact) mass is 342 g/mol. The van der Waals surface area contributed by atoms with E-state index in [1.54, 1.807) is 48.5 Å². The third-order valence-electron chi connectivity index (χ3n) is 3.63. The van der Waals surface area contributed by atoms with Crippen molar-refractivity contribution in [2.75, 3.05) is 18.5 Å². The summed E-state index contributed by atoms with van der Waals surface area (Å²) >= 11 is 5.97. The molecule has 0 radical (unpaired) electrons. The summed E-state index contributed by atoms with van der Waals surface area (Å²) in [4.78, 5) is 25.5. The second kappa shape index (κ2) is 6.86. The number of allylic oxidation sites excluding steroid dienone is 2. The highest BCUT2D eigenvalue weighted by molar-refractivity contribution is 6.31. The molecule has 0 unspecified atom stereocenters. The van der Waals surface area contributed by atoms with Crippen LogP contribution in [-0.2, 0) is 0 Å². The number of anilines is 1. The maximum absolute atomic E-state index is 12.8. The Labute approximate surface area is 144 Å². The average Bonchev–Trinajstić information content (AvgIpc) is 2.59. The fourth-order valence-electron chi connectivity index (χ4n) is 2.55. The summed E-state index contributed by atoms with van der Waals surface area (Å²) in [5, 5.41) is 15.4. The third kappa shape index (κ3) is 3.04. The number of carbonyl (C=O) groups excluding carboxylic acids is 2. The SMILES string of the molecule is O=C1C(NCCO)=C(Nc2cccc(Cl)c2)C(=O)c2ccccc21. The van der Waals surface area contributed by atoms with Crippen LogP contribution in [0.3, 0.4) is 0 Å². The fraction of sp³-hybridized carbons (Fsp3) is 0.111. The Morgan fingerprint density at radius 3 is 2.21 bits per heavy atom. The molecule has 122 valence electrons. The van der Waals surface area contributed by atoms with Gasteiger partial charge in [0.15, 0.2) is 0 Å². The van der Waals surface area contributed by atoms with Crippen LogP contribution in [-0.4, -0.2) is 29.8 Å². The van der Waals surface area contributed by atoms with Gasteiger partial charge in [0.25, 0.3) is 0 Å². The molecule has 0 bridgehead atoms. The summed E-state index contributed by atoms with van der Waals surface area (Å²) < 4.78 is 0. The van der Waals surface area contributed by atoms with Crippen molar-refractivity contribution in [3.8, 4) is 0 Å². The molecular weight excluding hydrogens is 328 g/mol. The zero-order valence-corrected chi connectivity index (χ0v) is 13.4. The topological polar surface area (TPSA) is 78.4 Å². The molecule has 0 saturated heterocycles. The summed E-state index contributed by atoms with van der Waals surface area (Å²) in [6, 6.07) is 13.5. The second-order valence-electron chi connectivity index (χ2n) is 5.24. The molecule has 0 spiro atoms. The van der Waals surface area contributed by atoms with Gasteiger partial charge in [-0.3, -0.25) is 9.59 Å². The van der Waals surface area contributed by atoms with E-state index in [0.29, 0.717) is 21.8 Å². The molecule has 0 fully saturated rings. The van der Waals surface area contributed by atoms with E-state index in [2.05, 4.69) is 10.6 Å². The molecule has 0 heterocycles. The predicted octanol–water partition coefficient (Wildman–Crippen LogP) is 2.62. The molecule has 0 saturated carbocycles. The zero-order valence-electron chi connectivity index (χ0n) is 12.7. The van der Waals surface area contributed by atoms with Crippen molar-refractivity contribution in [2.24, 2.45) is 0 Å². The van der Waals surface area contributed by atoms with Gasteiger partial charge < -0.3 is 15.7 Å². The van der Waals surface area contributed by atoms with Crippen LogP contribution >= 0.6 is 11.6 Å². The number of hydrogen-bond acceptors (Lipinski definition) is 5. The average molecular weight is 343 g/mol. The normalized spacial score (nSPS) is 13.8. The fourth-order valence-corrected chi connectivity index (χ4v) is 2.75. The Kier molecular flexibility index (Phi) is 4.64. The molecule has 24 heavy (non-hydrogen) atoms. The van der Waals surface area contributed by atoms with Crippen LogP contribution in [0.15, 0.2) is 59.9 Å². The van der Waals surface area contributed by atoms with Gasteiger partial charge in [-0.2, -0.15) is 0 Å². The van der Waals surface area contributed by atoms with Crippen molar-refractivity contribution in [1.29, 1.82) is 0 Å². The zero-order chi connectivity index (χ0) is 17.1. The summed E-state index contributed by atoms with van der Waals surface area (Å²) in [6.07, 6.45) is 0.